The highest BCUT2D eigenvalue weighted by Crippen LogP contribution is 2.25. The van der Waals surface area contributed by atoms with E-state index in [0.29, 0.717) is 19.6 Å². The maximum atomic E-state index is 12.5. The number of amides is 1. The molecule has 1 heterocycles. The van der Waals surface area contributed by atoms with Gasteiger partial charge in [0.05, 0.1) is 19.6 Å². The SMILES string of the molecule is COCCNC(=O)C(Cc1cccs1)c1ccc(OC)cc1. The van der Waals surface area contributed by atoms with Crippen molar-refractivity contribution in [1.29, 1.82) is 0 Å². The second-order valence-electron chi connectivity index (χ2n) is 4.89. The Labute approximate surface area is 135 Å². The summed E-state index contributed by atoms with van der Waals surface area (Å²) in [7, 11) is 3.26. The van der Waals surface area contributed by atoms with E-state index >= 15 is 0 Å². The van der Waals surface area contributed by atoms with Gasteiger partial charge in [0, 0.05) is 18.5 Å². The van der Waals surface area contributed by atoms with Gasteiger partial charge in [0.25, 0.3) is 0 Å². The summed E-state index contributed by atoms with van der Waals surface area (Å²) in [4.78, 5) is 13.7. The molecule has 0 aliphatic rings. The van der Waals surface area contributed by atoms with Crippen molar-refractivity contribution < 1.29 is 14.3 Å². The summed E-state index contributed by atoms with van der Waals surface area (Å²) in [5.74, 6) is 0.607. The lowest BCUT2D eigenvalue weighted by Crippen LogP contribution is -2.32. The zero-order valence-corrected chi connectivity index (χ0v) is 13.7. The van der Waals surface area contributed by atoms with Crippen LogP contribution in [-0.2, 0) is 16.0 Å². The van der Waals surface area contributed by atoms with Crippen molar-refractivity contribution in [3.05, 3.63) is 52.2 Å². The van der Waals surface area contributed by atoms with Crippen LogP contribution in [0.2, 0.25) is 0 Å². The highest BCUT2D eigenvalue weighted by atomic mass is 32.1. The number of rotatable bonds is 8. The predicted octanol–water partition coefficient (Wildman–Crippen LogP) is 2.85. The van der Waals surface area contributed by atoms with Crippen LogP contribution in [-0.4, -0.2) is 33.3 Å². The van der Waals surface area contributed by atoms with Gasteiger partial charge in [-0.15, -0.1) is 11.3 Å². The van der Waals surface area contributed by atoms with Crippen LogP contribution in [0.3, 0.4) is 0 Å². The fraction of sp³-hybridized carbons (Fsp3) is 0.353. The molecule has 0 saturated carbocycles. The highest BCUT2D eigenvalue weighted by Gasteiger charge is 2.21. The molecule has 1 atom stereocenters. The average Bonchev–Trinajstić information content (AvgIpc) is 3.06. The lowest BCUT2D eigenvalue weighted by atomic mass is 9.94. The molecule has 1 aromatic carbocycles. The summed E-state index contributed by atoms with van der Waals surface area (Å²) in [6.07, 6.45) is 0.697. The van der Waals surface area contributed by atoms with Gasteiger partial charge in [0.1, 0.15) is 5.75 Å². The topological polar surface area (TPSA) is 47.6 Å². The Morgan fingerprint density at radius 2 is 2.00 bits per heavy atom. The Balaban J connectivity index is 2.14. The monoisotopic (exact) mass is 319 g/mol. The molecule has 1 aromatic heterocycles. The number of thiophene rings is 1. The van der Waals surface area contributed by atoms with E-state index in [2.05, 4.69) is 11.4 Å². The Bertz CT molecular complexity index is 566. The molecular weight excluding hydrogens is 298 g/mol. The molecule has 22 heavy (non-hydrogen) atoms. The van der Waals surface area contributed by atoms with Gasteiger partial charge in [-0.2, -0.15) is 0 Å². The third-order valence-electron chi connectivity index (χ3n) is 3.43. The van der Waals surface area contributed by atoms with E-state index in [1.807, 2.05) is 35.7 Å². The van der Waals surface area contributed by atoms with Crippen LogP contribution in [0, 0.1) is 0 Å². The van der Waals surface area contributed by atoms with Crippen molar-refractivity contribution in [3.63, 3.8) is 0 Å². The first-order valence-electron chi connectivity index (χ1n) is 7.17. The molecular formula is C17H21NO3S. The van der Waals surface area contributed by atoms with Gasteiger partial charge in [0.2, 0.25) is 5.91 Å². The summed E-state index contributed by atoms with van der Waals surface area (Å²) in [6.45, 7) is 1.03. The van der Waals surface area contributed by atoms with Crippen LogP contribution in [0.5, 0.6) is 5.75 Å². The van der Waals surface area contributed by atoms with Gasteiger partial charge in [0.15, 0.2) is 0 Å². The molecule has 0 aliphatic carbocycles. The Morgan fingerprint density at radius 1 is 1.23 bits per heavy atom. The van der Waals surface area contributed by atoms with Gasteiger partial charge in [-0.05, 0) is 35.6 Å². The molecule has 0 saturated heterocycles. The van der Waals surface area contributed by atoms with Crippen molar-refractivity contribution >= 4 is 17.2 Å². The molecule has 0 spiro atoms. The molecule has 0 bridgehead atoms. The lowest BCUT2D eigenvalue weighted by Gasteiger charge is -2.17. The van der Waals surface area contributed by atoms with Crippen molar-refractivity contribution in [2.75, 3.05) is 27.4 Å². The highest BCUT2D eigenvalue weighted by molar-refractivity contribution is 7.09. The Morgan fingerprint density at radius 3 is 2.59 bits per heavy atom. The Hall–Kier alpha value is -1.85. The first-order valence-corrected chi connectivity index (χ1v) is 8.05. The molecule has 118 valence electrons. The maximum absolute atomic E-state index is 12.5. The maximum Gasteiger partial charge on any atom is 0.227 e. The van der Waals surface area contributed by atoms with Gasteiger partial charge in [-0.25, -0.2) is 0 Å². The number of hydrogen-bond donors (Lipinski definition) is 1. The minimum absolute atomic E-state index is 0.0237. The molecule has 0 aliphatic heterocycles. The summed E-state index contributed by atoms with van der Waals surface area (Å²) in [6, 6.07) is 11.7. The predicted molar refractivity (Wildman–Crippen MR) is 88.6 cm³/mol. The number of carbonyl (C=O) groups excluding carboxylic acids is 1. The molecule has 4 nitrogen and oxygen atoms in total. The van der Waals surface area contributed by atoms with E-state index in [1.54, 1.807) is 25.6 Å². The third kappa shape index (κ3) is 4.58. The molecule has 2 aromatic rings. The van der Waals surface area contributed by atoms with E-state index < -0.39 is 0 Å². The van der Waals surface area contributed by atoms with Crippen LogP contribution >= 0.6 is 11.3 Å². The lowest BCUT2D eigenvalue weighted by molar-refractivity contribution is -0.122. The second kappa shape index (κ2) is 8.56. The van der Waals surface area contributed by atoms with Gasteiger partial charge in [-0.1, -0.05) is 18.2 Å². The van der Waals surface area contributed by atoms with Crippen LogP contribution < -0.4 is 10.1 Å². The smallest absolute Gasteiger partial charge is 0.227 e. The minimum atomic E-state index is -0.207. The van der Waals surface area contributed by atoms with Crippen molar-refractivity contribution in [2.45, 2.75) is 12.3 Å². The molecule has 0 radical (unpaired) electrons. The van der Waals surface area contributed by atoms with Crippen LogP contribution in [0.4, 0.5) is 0 Å². The van der Waals surface area contributed by atoms with Crippen molar-refractivity contribution in [1.82, 2.24) is 5.32 Å². The largest absolute Gasteiger partial charge is 0.497 e. The molecule has 1 amide bonds. The third-order valence-corrected chi connectivity index (χ3v) is 4.32. The van der Waals surface area contributed by atoms with E-state index in [-0.39, 0.29) is 11.8 Å². The molecule has 0 fully saturated rings. The number of methoxy groups -OCH3 is 2. The number of nitrogens with one attached hydrogen (secondary N) is 1. The first kappa shape index (κ1) is 16.5. The zero-order valence-electron chi connectivity index (χ0n) is 12.9. The fourth-order valence-corrected chi connectivity index (χ4v) is 2.98. The van der Waals surface area contributed by atoms with Crippen LogP contribution in [0.25, 0.3) is 0 Å². The number of benzene rings is 1. The molecule has 1 N–H and O–H groups in total. The van der Waals surface area contributed by atoms with Crippen LogP contribution in [0.15, 0.2) is 41.8 Å². The van der Waals surface area contributed by atoms with E-state index in [9.17, 15) is 4.79 Å². The van der Waals surface area contributed by atoms with Crippen LogP contribution in [0.1, 0.15) is 16.4 Å². The normalized spacial score (nSPS) is 11.9. The second-order valence-corrected chi connectivity index (χ2v) is 5.93. The fourth-order valence-electron chi connectivity index (χ4n) is 2.23. The summed E-state index contributed by atoms with van der Waals surface area (Å²) in [5, 5.41) is 4.96. The first-order chi connectivity index (χ1) is 10.7. The number of ether oxygens (including phenoxy) is 2. The molecule has 2 rings (SSSR count). The summed E-state index contributed by atoms with van der Waals surface area (Å²) in [5.41, 5.74) is 0.990. The van der Waals surface area contributed by atoms with E-state index in [1.165, 1.54) is 4.88 Å². The summed E-state index contributed by atoms with van der Waals surface area (Å²) >= 11 is 1.67. The van der Waals surface area contributed by atoms with E-state index in [4.69, 9.17) is 9.47 Å². The average molecular weight is 319 g/mol. The van der Waals surface area contributed by atoms with Gasteiger partial charge >= 0.3 is 0 Å². The zero-order chi connectivity index (χ0) is 15.8. The molecule has 1 unspecified atom stereocenters. The Kier molecular flexibility index (Phi) is 6.43. The minimum Gasteiger partial charge on any atom is -0.497 e. The number of hydrogen-bond acceptors (Lipinski definition) is 4. The van der Waals surface area contributed by atoms with Gasteiger partial charge < -0.3 is 14.8 Å². The number of carbonyl (C=O) groups is 1. The van der Waals surface area contributed by atoms with Crippen molar-refractivity contribution in [3.8, 4) is 5.75 Å². The molecule has 5 heteroatoms. The van der Waals surface area contributed by atoms with Crippen molar-refractivity contribution in [2.24, 2.45) is 0 Å². The standard InChI is InChI=1S/C17H21NO3S/c1-20-10-9-18-17(19)16(12-15-4-3-11-22-15)13-5-7-14(21-2)8-6-13/h3-8,11,16H,9-10,12H2,1-2H3,(H,18,19). The summed E-state index contributed by atoms with van der Waals surface area (Å²) < 4.78 is 10.2. The van der Waals surface area contributed by atoms with Gasteiger partial charge in [-0.3, -0.25) is 4.79 Å². The quantitative estimate of drug-likeness (QED) is 0.761. The van der Waals surface area contributed by atoms with E-state index in [0.717, 1.165) is 11.3 Å².